The topological polar surface area (TPSA) is 66.8 Å². The predicted molar refractivity (Wildman–Crippen MR) is 96.5 cm³/mol. The maximum Gasteiger partial charge on any atom is 0.306 e. The van der Waals surface area contributed by atoms with E-state index in [4.69, 9.17) is 4.74 Å². The Kier molecular flexibility index (Phi) is 11.2. The number of carbonyl (C=O) groups excluding carboxylic acids is 1. The van der Waals surface area contributed by atoms with Crippen LogP contribution in [0.2, 0.25) is 0 Å². The second-order valence-electron chi connectivity index (χ2n) is 6.27. The molecule has 0 spiro atoms. The van der Waals surface area contributed by atoms with Gasteiger partial charge in [-0.1, -0.05) is 50.1 Å². The minimum atomic E-state index is -0.958. The molecule has 0 aromatic heterocycles. The smallest absolute Gasteiger partial charge is 0.306 e. The fraction of sp³-hybridized carbons (Fsp3) is 0.650. The van der Waals surface area contributed by atoms with Gasteiger partial charge in [0, 0.05) is 12.8 Å². The van der Waals surface area contributed by atoms with E-state index < -0.39 is 12.2 Å². The number of unbranched alkanes of at least 4 members (excludes halogenated alkanes) is 3. The van der Waals surface area contributed by atoms with Crippen LogP contribution in [0, 0.1) is 0 Å². The van der Waals surface area contributed by atoms with Crippen molar-refractivity contribution in [3.63, 3.8) is 0 Å². The van der Waals surface area contributed by atoms with Gasteiger partial charge in [0.1, 0.15) is 6.10 Å². The van der Waals surface area contributed by atoms with Crippen LogP contribution < -0.4 is 0 Å². The lowest BCUT2D eigenvalue weighted by Gasteiger charge is -2.15. The molecule has 3 unspecified atom stereocenters. The number of esters is 1. The molecule has 4 nitrogen and oxygen atoms in total. The van der Waals surface area contributed by atoms with E-state index in [2.05, 4.69) is 19.1 Å². The van der Waals surface area contributed by atoms with Crippen molar-refractivity contribution in [2.45, 2.75) is 83.0 Å². The van der Waals surface area contributed by atoms with Gasteiger partial charge in [-0.2, -0.15) is 0 Å². The summed E-state index contributed by atoms with van der Waals surface area (Å²) in [6.07, 6.45) is 16.8. The number of hydrogen-bond acceptors (Lipinski definition) is 4. The van der Waals surface area contributed by atoms with Crippen LogP contribution >= 0.6 is 0 Å². The molecule has 0 saturated heterocycles. The first-order valence-corrected chi connectivity index (χ1v) is 9.17. The summed E-state index contributed by atoms with van der Waals surface area (Å²) in [5.41, 5.74) is 0. The van der Waals surface area contributed by atoms with Crippen molar-refractivity contribution in [1.82, 2.24) is 0 Å². The van der Waals surface area contributed by atoms with Gasteiger partial charge < -0.3 is 14.9 Å². The highest BCUT2D eigenvalue weighted by Crippen LogP contribution is 2.12. The van der Waals surface area contributed by atoms with Crippen LogP contribution in [0.5, 0.6) is 0 Å². The van der Waals surface area contributed by atoms with E-state index in [1.54, 1.807) is 6.08 Å². The maximum absolute atomic E-state index is 11.6. The number of allylic oxidation sites excluding steroid dienone is 2. The molecule has 0 aromatic carbocycles. The first-order chi connectivity index (χ1) is 11.6. The second kappa shape index (κ2) is 13.0. The Hall–Kier alpha value is -1.39. The molecule has 0 bridgehead atoms. The average Bonchev–Trinajstić information content (AvgIpc) is 2.67. The molecule has 1 aliphatic rings. The number of hydrogen-bond donors (Lipinski definition) is 2. The Morgan fingerprint density at radius 1 is 1.29 bits per heavy atom. The molecule has 0 saturated carbocycles. The summed E-state index contributed by atoms with van der Waals surface area (Å²) < 4.78 is 5.35. The van der Waals surface area contributed by atoms with Gasteiger partial charge in [-0.25, -0.2) is 0 Å². The Morgan fingerprint density at radius 2 is 2.12 bits per heavy atom. The standard InChI is InChI=1S/C20H32O4/c1-2-3-4-5-6-10-13-18(21)19(22)16-15-17-12-9-7-8-11-14-20(23)24-17/h6-7,9-10,15-19,21-22H,2-5,8,11-14H2,1H3. The Labute approximate surface area is 145 Å². The summed E-state index contributed by atoms with van der Waals surface area (Å²) in [5.74, 6) is -0.210. The van der Waals surface area contributed by atoms with Crippen LogP contribution in [0.25, 0.3) is 0 Å². The fourth-order valence-corrected chi connectivity index (χ4v) is 2.48. The van der Waals surface area contributed by atoms with Crippen molar-refractivity contribution < 1.29 is 19.7 Å². The third-order valence-electron chi connectivity index (χ3n) is 4.01. The molecule has 0 fully saturated rings. The Balaban J connectivity index is 2.38. The number of ether oxygens (including phenoxy) is 1. The predicted octanol–water partition coefficient (Wildman–Crippen LogP) is 3.83. The second-order valence-corrected chi connectivity index (χ2v) is 6.27. The van der Waals surface area contributed by atoms with Crippen molar-refractivity contribution in [1.29, 1.82) is 0 Å². The zero-order valence-electron chi connectivity index (χ0n) is 14.8. The lowest BCUT2D eigenvalue weighted by Crippen LogP contribution is -2.24. The number of aliphatic hydroxyl groups excluding tert-OH is 2. The fourth-order valence-electron chi connectivity index (χ4n) is 2.48. The number of cyclic esters (lactones) is 1. The molecule has 1 rings (SSSR count). The summed E-state index contributed by atoms with van der Waals surface area (Å²) in [6.45, 7) is 2.17. The largest absolute Gasteiger partial charge is 0.458 e. The zero-order valence-corrected chi connectivity index (χ0v) is 14.8. The first-order valence-electron chi connectivity index (χ1n) is 9.17. The molecule has 0 aromatic rings. The quantitative estimate of drug-likeness (QED) is 0.381. The van der Waals surface area contributed by atoms with E-state index in [0.717, 1.165) is 25.7 Å². The molecule has 0 amide bonds. The SMILES string of the molecule is CCCCCC=CCC(O)C(O)C=CC1CC=CCCCC(=O)O1. The number of aliphatic hydroxyl groups is 2. The highest BCUT2D eigenvalue weighted by Gasteiger charge is 2.15. The molecule has 3 atom stereocenters. The van der Waals surface area contributed by atoms with Crippen LogP contribution in [0.3, 0.4) is 0 Å². The summed E-state index contributed by atoms with van der Waals surface area (Å²) in [7, 11) is 0. The van der Waals surface area contributed by atoms with Gasteiger partial charge in [0.15, 0.2) is 0 Å². The summed E-state index contributed by atoms with van der Waals surface area (Å²) in [5, 5.41) is 20.0. The minimum Gasteiger partial charge on any atom is -0.458 e. The average molecular weight is 336 g/mol. The molecular formula is C20H32O4. The number of rotatable bonds is 9. The molecule has 1 aliphatic heterocycles. The van der Waals surface area contributed by atoms with Gasteiger partial charge in [-0.3, -0.25) is 4.79 Å². The highest BCUT2D eigenvalue weighted by molar-refractivity contribution is 5.69. The van der Waals surface area contributed by atoms with Gasteiger partial charge >= 0.3 is 5.97 Å². The van der Waals surface area contributed by atoms with Crippen LogP contribution in [-0.2, 0) is 9.53 Å². The van der Waals surface area contributed by atoms with E-state index in [1.165, 1.54) is 18.9 Å². The summed E-state index contributed by atoms with van der Waals surface area (Å²) in [4.78, 5) is 11.6. The van der Waals surface area contributed by atoms with Crippen molar-refractivity contribution in [2.24, 2.45) is 0 Å². The third-order valence-corrected chi connectivity index (χ3v) is 4.01. The lowest BCUT2D eigenvalue weighted by atomic mass is 10.1. The molecule has 0 aliphatic carbocycles. The summed E-state index contributed by atoms with van der Waals surface area (Å²) >= 11 is 0. The Morgan fingerprint density at radius 3 is 2.92 bits per heavy atom. The van der Waals surface area contributed by atoms with E-state index in [-0.39, 0.29) is 12.1 Å². The van der Waals surface area contributed by atoms with Gasteiger partial charge in [-0.15, -0.1) is 0 Å². The van der Waals surface area contributed by atoms with Crippen molar-refractivity contribution in [2.75, 3.05) is 0 Å². The lowest BCUT2D eigenvalue weighted by molar-refractivity contribution is -0.146. The van der Waals surface area contributed by atoms with Crippen molar-refractivity contribution >= 4 is 5.97 Å². The minimum absolute atomic E-state index is 0.210. The van der Waals surface area contributed by atoms with Gasteiger partial charge in [0.05, 0.1) is 12.2 Å². The van der Waals surface area contributed by atoms with Gasteiger partial charge in [-0.05, 0) is 38.2 Å². The van der Waals surface area contributed by atoms with Gasteiger partial charge in [0.25, 0.3) is 0 Å². The van der Waals surface area contributed by atoms with E-state index in [1.807, 2.05) is 12.2 Å². The molecular weight excluding hydrogens is 304 g/mol. The molecule has 2 N–H and O–H groups in total. The Bertz CT molecular complexity index is 425. The zero-order chi connectivity index (χ0) is 17.6. The first kappa shape index (κ1) is 20.7. The van der Waals surface area contributed by atoms with Crippen LogP contribution in [0.4, 0.5) is 0 Å². The van der Waals surface area contributed by atoms with E-state index >= 15 is 0 Å². The van der Waals surface area contributed by atoms with E-state index in [9.17, 15) is 15.0 Å². The summed E-state index contributed by atoms with van der Waals surface area (Å²) in [6, 6.07) is 0. The normalized spacial score (nSPS) is 22.1. The van der Waals surface area contributed by atoms with Crippen LogP contribution in [0.15, 0.2) is 36.5 Å². The molecule has 24 heavy (non-hydrogen) atoms. The van der Waals surface area contributed by atoms with Crippen LogP contribution in [-0.4, -0.2) is 34.5 Å². The highest BCUT2D eigenvalue weighted by atomic mass is 16.5. The van der Waals surface area contributed by atoms with Crippen molar-refractivity contribution in [3.8, 4) is 0 Å². The number of carbonyl (C=O) groups is 1. The van der Waals surface area contributed by atoms with E-state index in [0.29, 0.717) is 19.3 Å². The molecule has 4 heteroatoms. The molecule has 0 radical (unpaired) electrons. The molecule has 136 valence electrons. The molecule has 1 heterocycles. The third kappa shape index (κ3) is 9.68. The van der Waals surface area contributed by atoms with Crippen molar-refractivity contribution in [3.05, 3.63) is 36.5 Å². The van der Waals surface area contributed by atoms with Gasteiger partial charge in [0.2, 0.25) is 0 Å². The van der Waals surface area contributed by atoms with Crippen LogP contribution in [0.1, 0.15) is 64.7 Å². The maximum atomic E-state index is 11.6. The monoisotopic (exact) mass is 336 g/mol.